The fourth-order valence-corrected chi connectivity index (χ4v) is 2.86. The van der Waals surface area contributed by atoms with Gasteiger partial charge in [0, 0.05) is 20.0 Å². The largest absolute Gasteiger partial charge is 0.247 e. The Morgan fingerprint density at radius 1 is 1.06 bits per heavy atom. The average molecular weight is 380 g/mol. The Morgan fingerprint density at radius 3 is 2.38 bits per heavy atom. The molecule has 0 spiro atoms. The van der Waals surface area contributed by atoms with Crippen molar-refractivity contribution in [2.75, 3.05) is 0 Å². The maximum absolute atomic E-state index is 6.09. The summed E-state index contributed by atoms with van der Waals surface area (Å²) in [5.74, 6) is 0. The molecule has 0 fully saturated rings. The number of pyridine rings is 1. The lowest BCUT2D eigenvalue weighted by Gasteiger charge is -2.03. The van der Waals surface area contributed by atoms with Crippen LogP contribution in [0.1, 0.15) is 0 Å². The van der Waals surface area contributed by atoms with Crippen LogP contribution in [0.2, 0.25) is 5.02 Å². The van der Waals surface area contributed by atoms with Crippen molar-refractivity contribution in [1.82, 2.24) is 4.98 Å². The Bertz CT molecular complexity index is 502. The number of hydrogen-bond acceptors (Lipinski definition) is 2. The van der Waals surface area contributed by atoms with Gasteiger partial charge in [-0.2, -0.15) is 0 Å². The Kier molecular flexibility index (Phi) is 4.30. The molecule has 5 heteroatoms. The summed E-state index contributed by atoms with van der Waals surface area (Å²) < 4.78 is 1.95. The first-order valence-corrected chi connectivity index (χ1v) is 7.17. The predicted octanol–water partition coefficient (Wildman–Crippen LogP) is 5.41. The van der Waals surface area contributed by atoms with E-state index in [1.54, 1.807) is 18.0 Å². The van der Waals surface area contributed by atoms with E-state index in [-0.39, 0.29) is 0 Å². The highest BCUT2D eigenvalue weighted by atomic mass is 79.9. The zero-order chi connectivity index (χ0) is 11.5. The van der Waals surface area contributed by atoms with Crippen LogP contribution >= 0.6 is 55.2 Å². The molecule has 1 aromatic carbocycles. The zero-order valence-electron chi connectivity index (χ0n) is 7.95. The van der Waals surface area contributed by atoms with E-state index in [9.17, 15) is 0 Å². The molecular weight excluding hydrogens is 373 g/mol. The van der Waals surface area contributed by atoms with E-state index in [2.05, 4.69) is 36.8 Å². The van der Waals surface area contributed by atoms with Crippen LogP contribution in [0, 0.1) is 0 Å². The van der Waals surface area contributed by atoms with Gasteiger partial charge in [0.25, 0.3) is 0 Å². The van der Waals surface area contributed by atoms with Gasteiger partial charge in [-0.1, -0.05) is 39.3 Å². The fourth-order valence-electron chi connectivity index (χ4n) is 1.09. The van der Waals surface area contributed by atoms with E-state index in [4.69, 9.17) is 11.6 Å². The minimum absolute atomic E-state index is 0.655. The van der Waals surface area contributed by atoms with E-state index < -0.39 is 0 Å². The third-order valence-corrected chi connectivity index (χ3v) is 4.19. The molecule has 16 heavy (non-hydrogen) atoms. The van der Waals surface area contributed by atoms with Gasteiger partial charge in [0.2, 0.25) is 0 Å². The van der Waals surface area contributed by atoms with E-state index in [1.165, 1.54) is 0 Å². The summed E-state index contributed by atoms with van der Waals surface area (Å²) in [5.41, 5.74) is 0. The molecule has 0 aliphatic rings. The topological polar surface area (TPSA) is 12.9 Å². The van der Waals surface area contributed by atoms with E-state index in [0.717, 1.165) is 18.9 Å². The van der Waals surface area contributed by atoms with Gasteiger partial charge in [-0.05, 0) is 46.3 Å². The van der Waals surface area contributed by atoms with Crippen LogP contribution in [0.4, 0.5) is 0 Å². The van der Waals surface area contributed by atoms with Gasteiger partial charge in [-0.3, -0.25) is 0 Å². The van der Waals surface area contributed by atoms with Crippen molar-refractivity contribution in [2.24, 2.45) is 0 Å². The normalized spacial score (nSPS) is 10.4. The minimum Gasteiger partial charge on any atom is -0.247 e. The zero-order valence-corrected chi connectivity index (χ0v) is 12.7. The van der Waals surface area contributed by atoms with Gasteiger partial charge >= 0.3 is 0 Å². The molecule has 2 rings (SSSR count). The molecule has 0 bridgehead atoms. The van der Waals surface area contributed by atoms with Gasteiger partial charge in [0.15, 0.2) is 0 Å². The number of aromatic nitrogens is 1. The van der Waals surface area contributed by atoms with Gasteiger partial charge in [-0.15, -0.1) is 0 Å². The lowest BCUT2D eigenvalue weighted by Crippen LogP contribution is -1.81. The van der Waals surface area contributed by atoms with Crippen molar-refractivity contribution >= 4 is 55.2 Å². The van der Waals surface area contributed by atoms with Gasteiger partial charge in [0.1, 0.15) is 5.03 Å². The van der Waals surface area contributed by atoms with Crippen LogP contribution in [0.5, 0.6) is 0 Å². The maximum Gasteiger partial charge on any atom is 0.119 e. The first-order valence-electron chi connectivity index (χ1n) is 4.39. The molecule has 0 unspecified atom stereocenters. The number of hydrogen-bond donors (Lipinski definition) is 0. The van der Waals surface area contributed by atoms with Gasteiger partial charge < -0.3 is 0 Å². The molecule has 0 N–H and O–H groups in total. The summed E-state index contributed by atoms with van der Waals surface area (Å²) in [7, 11) is 0. The van der Waals surface area contributed by atoms with Crippen molar-refractivity contribution in [2.45, 2.75) is 9.92 Å². The molecule has 0 aliphatic heterocycles. The summed E-state index contributed by atoms with van der Waals surface area (Å²) in [6, 6.07) is 9.88. The number of rotatable bonds is 2. The molecule has 0 amide bonds. The molecule has 0 radical (unpaired) electrons. The van der Waals surface area contributed by atoms with Crippen molar-refractivity contribution in [3.05, 3.63) is 50.5 Å². The van der Waals surface area contributed by atoms with Gasteiger partial charge in [0.05, 0.1) is 5.02 Å². The highest BCUT2D eigenvalue weighted by molar-refractivity contribution is 9.10. The molecule has 0 atom stereocenters. The predicted molar refractivity (Wildman–Crippen MR) is 75.2 cm³/mol. The highest BCUT2D eigenvalue weighted by Crippen LogP contribution is 2.33. The van der Waals surface area contributed by atoms with Crippen LogP contribution in [0.25, 0.3) is 0 Å². The fraction of sp³-hybridized carbons (Fsp3) is 0. The molecule has 82 valence electrons. The number of halogens is 3. The summed E-state index contributed by atoms with van der Waals surface area (Å²) in [4.78, 5) is 5.38. The van der Waals surface area contributed by atoms with Gasteiger partial charge in [-0.25, -0.2) is 4.98 Å². The lowest BCUT2D eigenvalue weighted by atomic mass is 10.4. The molecule has 1 heterocycles. The minimum atomic E-state index is 0.655. The van der Waals surface area contributed by atoms with E-state index in [1.807, 2.05) is 30.3 Å². The number of nitrogens with zero attached hydrogens (tertiary/aromatic N) is 1. The second-order valence-corrected chi connectivity index (χ2v) is 6.30. The molecular formula is C11H6Br2ClNS. The molecule has 0 aliphatic carbocycles. The van der Waals surface area contributed by atoms with Crippen LogP contribution in [-0.2, 0) is 0 Å². The summed E-state index contributed by atoms with van der Waals surface area (Å²) in [6.07, 6.45) is 1.74. The third-order valence-electron chi connectivity index (χ3n) is 1.80. The first-order chi connectivity index (χ1) is 7.65. The Labute approximate surface area is 120 Å². The quantitative estimate of drug-likeness (QED) is 0.692. The summed E-state index contributed by atoms with van der Waals surface area (Å²) in [6.45, 7) is 0. The third kappa shape index (κ3) is 3.23. The van der Waals surface area contributed by atoms with Crippen LogP contribution in [-0.4, -0.2) is 4.98 Å². The highest BCUT2D eigenvalue weighted by Gasteiger charge is 2.04. The second-order valence-electron chi connectivity index (χ2n) is 3.00. The number of benzene rings is 1. The second kappa shape index (κ2) is 5.54. The van der Waals surface area contributed by atoms with Crippen LogP contribution in [0.3, 0.4) is 0 Å². The molecule has 1 aromatic heterocycles. The first kappa shape index (κ1) is 12.4. The maximum atomic E-state index is 6.09. The summed E-state index contributed by atoms with van der Waals surface area (Å²) in [5, 5.41) is 1.47. The monoisotopic (exact) mass is 377 g/mol. The molecule has 0 saturated heterocycles. The Balaban J connectivity index is 2.23. The standard InChI is InChI=1S/C11H6Br2ClNS/c12-7-1-3-9(4-2-7)16-11-10(14)5-8(13)6-15-11/h1-6H. The SMILES string of the molecule is Clc1cc(Br)cnc1Sc1ccc(Br)cc1. The Morgan fingerprint density at radius 2 is 1.75 bits per heavy atom. The van der Waals surface area contributed by atoms with E-state index >= 15 is 0 Å². The summed E-state index contributed by atoms with van der Waals surface area (Å²) >= 11 is 14.4. The molecule has 1 nitrogen and oxygen atoms in total. The van der Waals surface area contributed by atoms with Crippen molar-refractivity contribution in [3.63, 3.8) is 0 Å². The average Bonchev–Trinajstić information content (AvgIpc) is 2.25. The Hall–Kier alpha value is -0.0300. The molecule has 0 saturated carbocycles. The van der Waals surface area contributed by atoms with Crippen molar-refractivity contribution in [1.29, 1.82) is 0 Å². The van der Waals surface area contributed by atoms with Crippen LogP contribution < -0.4 is 0 Å². The smallest absolute Gasteiger partial charge is 0.119 e. The van der Waals surface area contributed by atoms with Crippen molar-refractivity contribution < 1.29 is 0 Å². The van der Waals surface area contributed by atoms with Crippen LogP contribution in [0.15, 0.2) is 55.4 Å². The van der Waals surface area contributed by atoms with Crippen molar-refractivity contribution in [3.8, 4) is 0 Å². The van der Waals surface area contributed by atoms with E-state index in [0.29, 0.717) is 5.02 Å². The lowest BCUT2D eigenvalue weighted by molar-refractivity contribution is 1.12. The molecule has 2 aromatic rings.